The van der Waals surface area contributed by atoms with Crippen molar-refractivity contribution in [1.82, 2.24) is 9.80 Å². The predicted octanol–water partition coefficient (Wildman–Crippen LogP) is 2.81. The highest BCUT2D eigenvalue weighted by molar-refractivity contribution is 5.79. The summed E-state index contributed by atoms with van der Waals surface area (Å²) in [7, 11) is 2.95. The van der Waals surface area contributed by atoms with Crippen molar-refractivity contribution in [3.63, 3.8) is 0 Å². The molecule has 0 radical (unpaired) electrons. The molecule has 2 rings (SSSR count). The van der Waals surface area contributed by atoms with Crippen LogP contribution in [-0.4, -0.2) is 48.9 Å². The Balaban J connectivity index is 2.45. The first-order valence-electron chi connectivity index (χ1n) is 7.27. The average molecular weight is 314 g/mol. The van der Waals surface area contributed by atoms with Crippen molar-refractivity contribution >= 4 is 5.91 Å². The molecular weight excluding hydrogens is 293 g/mol. The molecule has 0 aromatic heterocycles. The van der Waals surface area contributed by atoms with Gasteiger partial charge in [0.2, 0.25) is 5.91 Å². The number of halogens is 3. The van der Waals surface area contributed by atoms with Gasteiger partial charge in [0.25, 0.3) is 5.92 Å². The maximum Gasteiger partial charge on any atom is 0.297 e. The van der Waals surface area contributed by atoms with Crippen LogP contribution in [0.5, 0.6) is 0 Å². The third kappa shape index (κ3) is 2.84. The van der Waals surface area contributed by atoms with Gasteiger partial charge in [0.05, 0.1) is 12.1 Å². The van der Waals surface area contributed by atoms with Crippen molar-refractivity contribution in [2.24, 2.45) is 0 Å². The number of carbonyl (C=O) groups is 1. The lowest BCUT2D eigenvalue weighted by molar-refractivity contribution is -0.155. The summed E-state index contributed by atoms with van der Waals surface area (Å²) < 4.78 is 44.3. The van der Waals surface area contributed by atoms with E-state index >= 15 is 0 Å². The molecule has 1 atom stereocenters. The molecule has 1 aliphatic rings. The third-order valence-corrected chi connectivity index (χ3v) is 4.18. The second-order valence-corrected chi connectivity index (χ2v) is 6.20. The Morgan fingerprint density at radius 2 is 1.91 bits per heavy atom. The lowest BCUT2D eigenvalue weighted by Gasteiger charge is -2.41. The van der Waals surface area contributed by atoms with Gasteiger partial charge in [-0.1, -0.05) is 26.0 Å². The van der Waals surface area contributed by atoms with Crippen LogP contribution in [0.2, 0.25) is 0 Å². The molecule has 22 heavy (non-hydrogen) atoms. The van der Waals surface area contributed by atoms with E-state index in [0.717, 1.165) is 11.0 Å². The Labute approximate surface area is 128 Å². The number of hydrogen-bond donors (Lipinski definition) is 0. The van der Waals surface area contributed by atoms with Gasteiger partial charge in [-0.3, -0.25) is 9.69 Å². The van der Waals surface area contributed by atoms with Crippen LogP contribution in [0.15, 0.2) is 18.2 Å². The van der Waals surface area contributed by atoms with Gasteiger partial charge in [0.1, 0.15) is 11.9 Å². The summed E-state index contributed by atoms with van der Waals surface area (Å²) >= 11 is 0. The highest BCUT2D eigenvalue weighted by Gasteiger charge is 2.49. The van der Waals surface area contributed by atoms with Gasteiger partial charge in [-0.2, -0.15) is 8.78 Å². The van der Waals surface area contributed by atoms with E-state index in [-0.39, 0.29) is 30.5 Å². The highest BCUT2D eigenvalue weighted by Crippen LogP contribution is 2.39. The first-order valence-corrected chi connectivity index (χ1v) is 7.27. The standard InChI is InChI=1S/C16H21F3N2O/c1-10(2)11-6-5-7-12(15(11)17)16(18,19)13-8-20(3)9-14(22)21(13)4/h5-7,10,13H,8-9H2,1-4H3. The van der Waals surface area contributed by atoms with Crippen molar-refractivity contribution in [2.45, 2.75) is 31.7 Å². The largest absolute Gasteiger partial charge is 0.334 e. The SMILES string of the molecule is CC(C)c1cccc(C(F)(F)C2CN(C)CC(=O)N2C)c1F. The van der Waals surface area contributed by atoms with Gasteiger partial charge in [-0.05, 0) is 24.6 Å². The maximum absolute atomic E-state index is 14.9. The Morgan fingerprint density at radius 3 is 2.50 bits per heavy atom. The van der Waals surface area contributed by atoms with E-state index in [9.17, 15) is 18.0 Å². The first kappa shape index (κ1) is 16.8. The van der Waals surface area contributed by atoms with E-state index in [1.807, 2.05) is 0 Å². The third-order valence-electron chi connectivity index (χ3n) is 4.18. The maximum atomic E-state index is 14.9. The molecular formula is C16H21F3N2O. The topological polar surface area (TPSA) is 23.6 Å². The normalized spacial score (nSPS) is 20.8. The number of rotatable bonds is 3. The molecule has 0 N–H and O–H groups in total. The molecule has 0 spiro atoms. The summed E-state index contributed by atoms with van der Waals surface area (Å²) in [5.74, 6) is -4.91. The van der Waals surface area contributed by atoms with Crippen LogP contribution in [0.1, 0.15) is 30.9 Å². The fourth-order valence-corrected chi connectivity index (χ4v) is 2.79. The number of alkyl halides is 2. The van der Waals surface area contributed by atoms with E-state index in [0.29, 0.717) is 0 Å². The summed E-state index contributed by atoms with van der Waals surface area (Å²) in [6.45, 7) is 3.60. The van der Waals surface area contributed by atoms with E-state index in [1.54, 1.807) is 20.9 Å². The van der Waals surface area contributed by atoms with Crippen LogP contribution in [0.25, 0.3) is 0 Å². The molecule has 122 valence electrons. The summed E-state index contributed by atoms with van der Waals surface area (Å²) in [6, 6.07) is 2.68. The van der Waals surface area contributed by atoms with Crippen LogP contribution in [-0.2, 0) is 10.7 Å². The first-order chi connectivity index (χ1) is 10.2. The monoisotopic (exact) mass is 314 g/mol. The van der Waals surface area contributed by atoms with Gasteiger partial charge in [0, 0.05) is 13.6 Å². The number of hydrogen-bond acceptors (Lipinski definition) is 2. The minimum Gasteiger partial charge on any atom is -0.334 e. The van der Waals surface area contributed by atoms with Crippen molar-refractivity contribution in [3.8, 4) is 0 Å². The molecule has 1 unspecified atom stereocenters. The Kier molecular flexibility index (Phi) is 4.52. The predicted molar refractivity (Wildman–Crippen MR) is 78.4 cm³/mol. The molecule has 1 saturated heterocycles. The zero-order chi connectivity index (χ0) is 16.7. The second kappa shape index (κ2) is 5.91. The molecule has 0 bridgehead atoms. The number of nitrogens with zero attached hydrogens (tertiary/aromatic N) is 2. The Morgan fingerprint density at radius 1 is 1.27 bits per heavy atom. The van der Waals surface area contributed by atoms with Crippen LogP contribution in [0.3, 0.4) is 0 Å². The number of likely N-dealkylation sites (N-methyl/N-ethyl adjacent to an activating group) is 2. The molecule has 3 nitrogen and oxygen atoms in total. The van der Waals surface area contributed by atoms with Crippen LogP contribution < -0.4 is 0 Å². The molecule has 1 amide bonds. The summed E-state index contributed by atoms with van der Waals surface area (Å²) in [5, 5.41) is 0. The summed E-state index contributed by atoms with van der Waals surface area (Å²) in [6.07, 6.45) is 0. The second-order valence-electron chi connectivity index (χ2n) is 6.20. The minimum atomic E-state index is -3.45. The fourth-order valence-electron chi connectivity index (χ4n) is 2.79. The summed E-state index contributed by atoms with van der Waals surface area (Å²) in [4.78, 5) is 14.4. The van der Waals surface area contributed by atoms with Crippen molar-refractivity contribution in [1.29, 1.82) is 0 Å². The number of amides is 1. The number of carbonyl (C=O) groups excluding carboxylic acids is 1. The molecule has 1 aromatic carbocycles. The van der Waals surface area contributed by atoms with Gasteiger partial charge >= 0.3 is 0 Å². The van der Waals surface area contributed by atoms with E-state index in [2.05, 4.69) is 0 Å². The van der Waals surface area contributed by atoms with Crippen LogP contribution in [0, 0.1) is 5.82 Å². The van der Waals surface area contributed by atoms with Gasteiger partial charge in [0.15, 0.2) is 0 Å². The van der Waals surface area contributed by atoms with Gasteiger partial charge < -0.3 is 4.90 Å². The minimum absolute atomic E-state index is 0.000582. The van der Waals surface area contributed by atoms with Crippen molar-refractivity contribution in [3.05, 3.63) is 35.1 Å². The molecule has 6 heteroatoms. The smallest absolute Gasteiger partial charge is 0.297 e. The van der Waals surface area contributed by atoms with Crippen molar-refractivity contribution < 1.29 is 18.0 Å². The van der Waals surface area contributed by atoms with Gasteiger partial charge in [-0.25, -0.2) is 4.39 Å². The van der Waals surface area contributed by atoms with E-state index < -0.39 is 23.3 Å². The Bertz CT molecular complexity index is 575. The molecule has 1 aliphatic heterocycles. The van der Waals surface area contributed by atoms with E-state index in [4.69, 9.17) is 0 Å². The van der Waals surface area contributed by atoms with Crippen LogP contribution in [0.4, 0.5) is 13.2 Å². The molecule has 0 saturated carbocycles. The highest BCUT2D eigenvalue weighted by atomic mass is 19.3. The van der Waals surface area contributed by atoms with E-state index in [1.165, 1.54) is 24.1 Å². The molecule has 1 heterocycles. The Hall–Kier alpha value is -1.56. The lowest BCUT2D eigenvalue weighted by atomic mass is 9.92. The fraction of sp³-hybridized carbons (Fsp3) is 0.562. The molecule has 1 fully saturated rings. The summed E-state index contributed by atoms with van der Waals surface area (Å²) in [5.41, 5.74) is -0.381. The molecule has 0 aliphatic carbocycles. The molecule has 1 aromatic rings. The average Bonchev–Trinajstić information content (AvgIpc) is 2.42. The number of benzene rings is 1. The lowest BCUT2D eigenvalue weighted by Crippen LogP contribution is -2.59. The van der Waals surface area contributed by atoms with Crippen molar-refractivity contribution in [2.75, 3.05) is 27.2 Å². The zero-order valence-electron chi connectivity index (χ0n) is 13.2. The quantitative estimate of drug-likeness (QED) is 0.856. The number of piperazine rings is 1. The van der Waals surface area contributed by atoms with Gasteiger partial charge in [-0.15, -0.1) is 0 Å². The van der Waals surface area contributed by atoms with Crippen LogP contribution >= 0.6 is 0 Å². The zero-order valence-corrected chi connectivity index (χ0v) is 13.2.